The van der Waals surface area contributed by atoms with Crippen LogP contribution in [0.25, 0.3) is 22.3 Å². The molecular formula is C24H28FN5O2. The van der Waals surface area contributed by atoms with E-state index in [-0.39, 0.29) is 28.3 Å². The summed E-state index contributed by atoms with van der Waals surface area (Å²) in [5.41, 5.74) is 1.76. The highest BCUT2D eigenvalue weighted by Crippen LogP contribution is 2.40. The molecule has 1 amide bonds. The van der Waals surface area contributed by atoms with Gasteiger partial charge in [-0.3, -0.25) is 9.89 Å². The highest BCUT2D eigenvalue weighted by molar-refractivity contribution is 6.07. The van der Waals surface area contributed by atoms with Gasteiger partial charge in [0.1, 0.15) is 11.6 Å². The third-order valence-corrected chi connectivity index (χ3v) is 6.97. The van der Waals surface area contributed by atoms with E-state index < -0.39 is 5.82 Å². The molecule has 0 unspecified atom stereocenters. The Morgan fingerprint density at radius 1 is 1.22 bits per heavy atom. The van der Waals surface area contributed by atoms with Crippen molar-refractivity contribution < 1.29 is 14.3 Å². The van der Waals surface area contributed by atoms with E-state index in [0.717, 1.165) is 38.3 Å². The maximum absolute atomic E-state index is 14.6. The number of aromatic hydroxyl groups is 1. The Labute approximate surface area is 186 Å². The Balaban J connectivity index is 1.67. The number of fused-ring (bicyclic) bond motifs is 1. The van der Waals surface area contributed by atoms with Crippen LogP contribution in [0, 0.1) is 12.7 Å². The van der Waals surface area contributed by atoms with E-state index in [1.807, 2.05) is 11.8 Å². The number of phenols is 1. The number of nitrogens with one attached hydrogen (secondary N) is 2. The van der Waals surface area contributed by atoms with Gasteiger partial charge in [-0.2, -0.15) is 5.10 Å². The van der Waals surface area contributed by atoms with Crippen molar-refractivity contribution in [1.82, 2.24) is 25.4 Å². The van der Waals surface area contributed by atoms with Gasteiger partial charge in [0.05, 0.1) is 27.9 Å². The molecule has 2 aliphatic rings. The molecule has 3 heterocycles. The molecule has 1 aromatic carbocycles. The molecule has 3 N–H and O–H groups in total. The van der Waals surface area contributed by atoms with Gasteiger partial charge in [0.25, 0.3) is 5.91 Å². The van der Waals surface area contributed by atoms with E-state index in [4.69, 9.17) is 0 Å². The fraction of sp³-hybridized carbons (Fsp3) is 0.458. The van der Waals surface area contributed by atoms with Gasteiger partial charge >= 0.3 is 0 Å². The molecule has 0 bridgehead atoms. The number of amides is 1. The zero-order chi connectivity index (χ0) is 22.7. The minimum Gasteiger partial charge on any atom is -0.508 e. The van der Waals surface area contributed by atoms with Crippen LogP contribution >= 0.6 is 0 Å². The van der Waals surface area contributed by atoms with Gasteiger partial charge in [0, 0.05) is 30.3 Å². The number of hydrogen-bond acceptors (Lipinski definition) is 5. The Morgan fingerprint density at radius 3 is 2.69 bits per heavy atom. The first-order valence-electron chi connectivity index (χ1n) is 11.1. The summed E-state index contributed by atoms with van der Waals surface area (Å²) in [6.07, 6.45) is 4.15. The summed E-state index contributed by atoms with van der Waals surface area (Å²) in [4.78, 5) is 20.7. The molecule has 7 nitrogen and oxygen atoms in total. The second-order valence-corrected chi connectivity index (χ2v) is 9.81. The number of piperazine rings is 1. The summed E-state index contributed by atoms with van der Waals surface area (Å²) in [7, 11) is 0. The van der Waals surface area contributed by atoms with Crippen LogP contribution in [-0.2, 0) is 0 Å². The average molecular weight is 438 g/mol. The third-order valence-electron chi connectivity index (χ3n) is 6.97. The monoisotopic (exact) mass is 437 g/mol. The lowest BCUT2D eigenvalue weighted by Gasteiger charge is -2.51. The number of H-pyrrole nitrogens is 1. The van der Waals surface area contributed by atoms with Crippen LogP contribution in [0.4, 0.5) is 4.39 Å². The van der Waals surface area contributed by atoms with E-state index in [1.54, 1.807) is 6.07 Å². The van der Waals surface area contributed by atoms with Crippen molar-refractivity contribution >= 4 is 16.9 Å². The SMILES string of the molecule is Cc1n[nH]c2nc(-c3ccc(O)cc3F)cc(C(=O)N3CC(C)(C)NCC34CCCC4)c12. The molecule has 168 valence electrons. The Morgan fingerprint density at radius 2 is 1.97 bits per heavy atom. The molecule has 8 heteroatoms. The number of rotatable bonds is 2. The molecule has 5 rings (SSSR count). The van der Waals surface area contributed by atoms with Crippen molar-refractivity contribution in [1.29, 1.82) is 0 Å². The molecule has 32 heavy (non-hydrogen) atoms. The topological polar surface area (TPSA) is 94.1 Å². The highest BCUT2D eigenvalue weighted by atomic mass is 19.1. The van der Waals surface area contributed by atoms with Gasteiger partial charge < -0.3 is 15.3 Å². The first kappa shape index (κ1) is 20.9. The van der Waals surface area contributed by atoms with Crippen LogP contribution in [0.5, 0.6) is 5.75 Å². The number of aromatic nitrogens is 3. The molecule has 1 spiro atoms. The summed E-state index contributed by atoms with van der Waals surface area (Å²) < 4.78 is 14.6. The van der Waals surface area contributed by atoms with Crippen LogP contribution in [0.1, 0.15) is 55.6 Å². The molecule has 1 saturated carbocycles. The number of halogens is 1. The number of carbonyl (C=O) groups is 1. The van der Waals surface area contributed by atoms with Gasteiger partial charge in [-0.05, 0) is 51.8 Å². The maximum atomic E-state index is 14.6. The lowest BCUT2D eigenvalue weighted by Crippen LogP contribution is -2.68. The largest absolute Gasteiger partial charge is 0.508 e. The lowest BCUT2D eigenvalue weighted by molar-refractivity contribution is 0.0173. The normalized spacial score (nSPS) is 19.7. The Bertz CT molecular complexity index is 1210. The molecule has 2 aromatic heterocycles. The second-order valence-electron chi connectivity index (χ2n) is 9.81. The number of benzene rings is 1. The average Bonchev–Trinajstić information content (AvgIpc) is 3.37. The van der Waals surface area contributed by atoms with Crippen LogP contribution < -0.4 is 5.32 Å². The molecule has 1 aliphatic heterocycles. The van der Waals surface area contributed by atoms with E-state index in [9.17, 15) is 14.3 Å². The maximum Gasteiger partial charge on any atom is 0.255 e. The first-order valence-corrected chi connectivity index (χ1v) is 11.1. The fourth-order valence-electron chi connectivity index (χ4n) is 5.23. The quantitative estimate of drug-likeness (QED) is 0.565. The summed E-state index contributed by atoms with van der Waals surface area (Å²) in [5.74, 6) is -0.826. The van der Waals surface area contributed by atoms with Gasteiger partial charge in [0.2, 0.25) is 0 Å². The number of pyridine rings is 1. The predicted octanol–water partition coefficient (Wildman–Crippen LogP) is 3.91. The molecular weight excluding hydrogens is 409 g/mol. The predicted molar refractivity (Wildman–Crippen MR) is 120 cm³/mol. The van der Waals surface area contributed by atoms with Crippen molar-refractivity contribution in [3.8, 4) is 17.0 Å². The molecule has 2 fully saturated rings. The van der Waals surface area contributed by atoms with Gasteiger partial charge in [-0.15, -0.1) is 0 Å². The summed E-state index contributed by atoms with van der Waals surface area (Å²) in [6, 6.07) is 5.60. The fourth-order valence-corrected chi connectivity index (χ4v) is 5.23. The van der Waals surface area contributed by atoms with Crippen molar-refractivity contribution in [2.24, 2.45) is 0 Å². The molecule has 0 atom stereocenters. The molecule has 1 saturated heterocycles. The van der Waals surface area contributed by atoms with Crippen molar-refractivity contribution in [2.45, 2.75) is 57.5 Å². The number of phenolic OH excluding ortho intramolecular Hbond substituents is 1. The number of aryl methyl sites for hydroxylation is 1. The number of carbonyl (C=O) groups excluding carboxylic acids is 1. The minimum absolute atomic E-state index is 0.0705. The smallest absolute Gasteiger partial charge is 0.255 e. The van der Waals surface area contributed by atoms with Crippen molar-refractivity contribution in [3.63, 3.8) is 0 Å². The minimum atomic E-state index is -0.595. The first-order chi connectivity index (χ1) is 15.2. The Kier molecular flexibility index (Phi) is 4.74. The molecule has 3 aromatic rings. The van der Waals surface area contributed by atoms with Crippen LogP contribution in [0.15, 0.2) is 24.3 Å². The second kappa shape index (κ2) is 7.27. The standard InChI is InChI=1S/C24H28FN5O2/c1-14-20-17(22(32)30-13-23(2,3)26-12-24(30)8-4-5-9-24)11-19(27-21(20)29-28-14)16-7-6-15(31)10-18(16)25/h6-7,10-11,26,31H,4-5,8-9,12-13H2,1-3H3,(H,27,28,29). The number of hydrogen-bond donors (Lipinski definition) is 3. The van der Waals surface area contributed by atoms with E-state index in [0.29, 0.717) is 34.5 Å². The lowest BCUT2D eigenvalue weighted by atomic mass is 9.86. The number of nitrogens with zero attached hydrogens (tertiary/aromatic N) is 3. The third kappa shape index (κ3) is 3.33. The van der Waals surface area contributed by atoms with Crippen LogP contribution in [0.2, 0.25) is 0 Å². The summed E-state index contributed by atoms with van der Waals surface area (Å²) in [6.45, 7) is 7.42. The zero-order valence-corrected chi connectivity index (χ0v) is 18.6. The zero-order valence-electron chi connectivity index (χ0n) is 18.6. The van der Waals surface area contributed by atoms with Crippen LogP contribution in [-0.4, -0.2) is 55.3 Å². The van der Waals surface area contributed by atoms with Crippen molar-refractivity contribution in [2.75, 3.05) is 13.1 Å². The van der Waals surface area contributed by atoms with Crippen LogP contribution in [0.3, 0.4) is 0 Å². The number of aromatic amines is 1. The van der Waals surface area contributed by atoms with E-state index in [2.05, 4.69) is 34.3 Å². The van der Waals surface area contributed by atoms with E-state index in [1.165, 1.54) is 12.1 Å². The van der Waals surface area contributed by atoms with Crippen molar-refractivity contribution in [3.05, 3.63) is 41.3 Å². The highest BCUT2D eigenvalue weighted by Gasteiger charge is 2.48. The van der Waals surface area contributed by atoms with E-state index >= 15 is 0 Å². The summed E-state index contributed by atoms with van der Waals surface area (Å²) >= 11 is 0. The summed E-state index contributed by atoms with van der Waals surface area (Å²) in [5, 5.41) is 21.0. The Hall–Kier alpha value is -3.00. The molecule has 0 radical (unpaired) electrons. The molecule has 1 aliphatic carbocycles. The van der Waals surface area contributed by atoms with Gasteiger partial charge in [-0.25, -0.2) is 9.37 Å². The van der Waals surface area contributed by atoms with Gasteiger partial charge in [0.15, 0.2) is 5.65 Å². The van der Waals surface area contributed by atoms with Gasteiger partial charge in [-0.1, -0.05) is 12.8 Å².